The Hall–Kier alpha value is -3.27. The van der Waals surface area contributed by atoms with Crippen molar-refractivity contribution in [3.8, 4) is 11.5 Å². The fourth-order valence-corrected chi connectivity index (χ4v) is 3.26. The Morgan fingerprint density at radius 3 is 2.29 bits per heavy atom. The summed E-state index contributed by atoms with van der Waals surface area (Å²) in [5, 5.41) is 2.94. The molecule has 4 nitrogen and oxygen atoms in total. The zero-order valence-corrected chi connectivity index (χ0v) is 18.2. The van der Waals surface area contributed by atoms with Crippen LogP contribution >= 0.6 is 0 Å². The van der Waals surface area contributed by atoms with E-state index >= 15 is 0 Å². The summed E-state index contributed by atoms with van der Waals surface area (Å²) in [5.74, 6) is 1.21. The van der Waals surface area contributed by atoms with Crippen LogP contribution in [0, 0.1) is 0 Å². The van der Waals surface area contributed by atoms with Gasteiger partial charge < -0.3 is 14.8 Å². The van der Waals surface area contributed by atoms with E-state index in [2.05, 4.69) is 24.4 Å². The molecule has 3 rings (SSSR count). The average molecular weight is 418 g/mol. The van der Waals surface area contributed by atoms with Crippen molar-refractivity contribution in [3.63, 3.8) is 0 Å². The molecule has 3 aromatic rings. The lowest BCUT2D eigenvalue weighted by molar-refractivity contribution is 0.102. The first-order valence-electron chi connectivity index (χ1n) is 11.1. The van der Waals surface area contributed by atoms with Crippen molar-refractivity contribution in [1.29, 1.82) is 0 Å². The minimum atomic E-state index is -0.191. The molecular weight excluding hydrogens is 386 g/mol. The Bertz CT molecular complexity index is 923. The van der Waals surface area contributed by atoms with Gasteiger partial charge in [0, 0.05) is 12.1 Å². The highest BCUT2D eigenvalue weighted by Crippen LogP contribution is 2.21. The summed E-state index contributed by atoms with van der Waals surface area (Å²) in [4.78, 5) is 12.8. The predicted octanol–water partition coefficient (Wildman–Crippen LogP) is 6.52. The van der Waals surface area contributed by atoms with E-state index in [0.717, 1.165) is 30.9 Å². The van der Waals surface area contributed by atoms with Crippen molar-refractivity contribution in [2.45, 2.75) is 39.0 Å². The highest BCUT2D eigenvalue weighted by Gasteiger charge is 2.12. The smallest absolute Gasteiger partial charge is 0.259 e. The van der Waals surface area contributed by atoms with Gasteiger partial charge in [-0.2, -0.15) is 0 Å². The van der Waals surface area contributed by atoms with Crippen molar-refractivity contribution in [2.75, 3.05) is 18.5 Å². The summed E-state index contributed by atoms with van der Waals surface area (Å²) in [6.07, 6.45) is 5.50. The largest absolute Gasteiger partial charge is 0.494 e. The van der Waals surface area contributed by atoms with Crippen LogP contribution in [0.15, 0.2) is 78.9 Å². The van der Waals surface area contributed by atoms with Gasteiger partial charge in [-0.15, -0.1) is 0 Å². The number of anilines is 1. The molecule has 0 heterocycles. The van der Waals surface area contributed by atoms with Crippen LogP contribution in [-0.4, -0.2) is 19.1 Å². The fraction of sp³-hybridized carbons (Fsp3) is 0.296. The van der Waals surface area contributed by atoms with Crippen LogP contribution in [0.25, 0.3) is 0 Å². The van der Waals surface area contributed by atoms with Gasteiger partial charge in [-0.3, -0.25) is 4.79 Å². The minimum Gasteiger partial charge on any atom is -0.494 e. The third-order valence-electron chi connectivity index (χ3n) is 5.00. The Labute approximate surface area is 185 Å². The zero-order chi connectivity index (χ0) is 21.7. The van der Waals surface area contributed by atoms with Crippen LogP contribution in [0.3, 0.4) is 0 Å². The first-order valence-corrected chi connectivity index (χ1v) is 11.1. The molecular formula is C27H31NO3. The van der Waals surface area contributed by atoms with E-state index in [-0.39, 0.29) is 5.91 Å². The summed E-state index contributed by atoms with van der Waals surface area (Å²) in [6.45, 7) is 3.43. The van der Waals surface area contributed by atoms with E-state index in [1.54, 1.807) is 6.07 Å². The monoisotopic (exact) mass is 417 g/mol. The number of unbranched alkanes of at least 4 members (excludes halogenated alkanes) is 3. The summed E-state index contributed by atoms with van der Waals surface area (Å²) >= 11 is 0. The van der Waals surface area contributed by atoms with Crippen LogP contribution < -0.4 is 14.8 Å². The number of hydrogen-bond acceptors (Lipinski definition) is 3. The van der Waals surface area contributed by atoms with E-state index in [4.69, 9.17) is 9.47 Å². The number of carbonyl (C=O) groups is 1. The second-order valence-corrected chi connectivity index (χ2v) is 7.47. The maximum Gasteiger partial charge on any atom is 0.259 e. The van der Waals surface area contributed by atoms with Crippen molar-refractivity contribution < 1.29 is 14.3 Å². The van der Waals surface area contributed by atoms with Crippen LogP contribution in [0.1, 0.15) is 48.5 Å². The van der Waals surface area contributed by atoms with Gasteiger partial charge in [0.1, 0.15) is 11.5 Å². The van der Waals surface area contributed by atoms with Crippen LogP contribution in [0.2, 0.25) is 0 Å². The summed E-state index contributed by atoms with van der Waals surface area (Å²) in [7, 11) is 0. The van der Waals surface area contributed by atoms with Gasteiger partial charge in [-0.1, -0.05) is 68.7 Å². The topological polar surface area (TPSA) is 47.6 Å². The van der Waals surface area contributed by atoms with E-state index in [9.17, 15) is 4.79 Å². The maximum atomic E-state index is 12.8. The molecule has 0 radical (unpaired) electrons. The quantitative estimate of drug-likeness (QED) is 0.341. The molecule has 3 aromatic carbocycles. The van der Waals surface area contributed by atoms with Crippen molar-refractivity contribution in [3.05, 3.63) is 90.0 Å². The van der Waals surface area contributed by atoms with Crippen LogP contribution in [0.5, 0.6) is 11.5 Å². The number of benzene rings is 3. The molecule has 162 valence electrons. The first kappa shape index (κ1) is 22.4. The van der Waals surface area contributed by atoms with Crippen molar-refractivity contribution in [1.82, 2.24) is 0 Å². The Balaban J connectivity index is 1.52. The van der Waals surface area contributed by atoms with Crippen LogP contribution in [-0.2, 0) is 6.42 Å². The number of para-hydroxylation sites is 1. The molecule has 0 aliphatic heterocycles. The van der Waals surface area contributed by atoms with Crippen molar-refractivity contribution >= 4 is 11.6 Å². The highest BCUT2D eigenvalue weighted by atomic mass is 16.5. The lowest BCUT2D eigenvalue weighted by Crippen LogP contribution is -2.14. The highest BCUT2D eigenvalue weighted by molar-refractivity contribution is 6.06. The Morgan fingerprint density at radius 1 is 0.774 bits per heavy atom. The molecule has 0 aliphatic carbocycles. The molecule has 0 fully saturated rings. The average Bonchev–Trinajstić information content (AvgIpc) is 2.81. The third kappa shape index (κ3) is 7.49. The first-order chi connectivity index (χ1) is 15.3. The number of hydrogen-bond donors (Lipinski definition) is 1. The summed E-state index contributed by atoms with van der Waals surface area (Å²) in [5.41, 5.74) is 2.45. The predicted molar refractivity (Wildman–Crippen MR) is 126 cm³/mol. The molecule has 4 heteroatoms. The van der Waals surface area contributed by atoms with E-state index in [0.29, 0.717) is 17.9 Å². The van der Waals surface area contributed by atoms with Gasteiger partial charge >= 0.3 is 0 Å². The van der Waals surface area contributed by atoms with E-state index in [1.807, 2.05) is 60.7 Å². The molecule has 0 saturated heterocycles. The maximum absolute atomic E-state index is 12.8. The van der Waals surface area contributed by atoms with E-state index in [1.165, 1.54) is 24.8 Å². The standard InChI is InChI=1S/C27H31NO3/c1-2-3-4-10-20-30-24-17-15-23(16-18-24)28-27(29)25-13-8-9-14-26(25)31-21-19-22-11-6-5-7-12-22/h5-9,11-18H,2-4,10,19-21H2,1H3,(H,28,29). The second-order valence-electron chi connectivity index (χ2n) is 7.47. The molecule has 0 aromatic heterocycles. The molecule has 31 heavy (non-hydrogen) atoms. The minimum absolute atomic E-state index is 0.191. The van der Waals surface area contributed by atoms with Gasteiger partial charge in [0.2, 0.25) is 0 Å². The van der Waals surface area contributed by atoms with Crippen LogP contribution in [0.4, 0.5) is 5.69 Å². The zero-order valence-electron chi connectivity index (χ0n) is 18.2. The van der Waals surface area contributed by atoms with Crippen molar-refractivity contribution in [2.24, 2.45) is 0 Å². The number of ether oxygens (including phenoxy) is 2. The Kier molecular flexibility index (Phi) is 8.99. The summed E-state index contributed by atoms with van der Waals surface area (Å²) < 4.78 is 11.7. The van der Waals surface area contributed by atoms with Gasteiger partial charge in [0.25, 0.3) is 5.91 Å². The number of nitrogens with one attached hydrogen (secondary N) is 1. The molecule has 1 amide bonds. The molecule has 0 bridgehead atoms. The number of amides is 1. The molecule has 0 aliphatic rings. The molecule has 0 spiro atoms. The van der Waals surface area contributed by atoms with Gasteiger partial charge in [0.15, 0.2) is 0 Å². The molecule has 0 saturated carbocycles. The lowest BCUT2D eigenvalue weighted by atomic mass is 10.1. The van der Waals surface area contributed by atoms with E-state index < -0.39 is 0 Å². The number of carbonyl (C=O) groups excluding carboxylic acids is 1. The van der Waals surface area contributed by atoms with Gasteiger partial charge in [-0.25, -0.2) is 0 Å². The molecule has 1 N–H and O–H groups in total. The SMILES string of the molecule is CCCCCCOc1ccc(NC(=O)c2ccccc2OCCc2ccccc2)cc1. The summed E-state index contributed by atoms with van der Waals surface area (Å²) in [6, 6.07) is 25.0. The number of rotatable bonds is 12. The molecule has 0 atom stereocenters. The lowest BCUT2D eigenvalue weighted by Gasteiger charge is -2.12. The van der Waals surface area contributed by atoms with Gasteiger partial charge in [-0.05, 0) is 48.4 Å². The fourth-order valence-electron chi connectivity index (χ4n) is 3.26. The normalized spacial score (nSPS) is 10.5. The Morgan fingerprint density at radius 2 is 1.52 bits per heavy atom. The second kappa shape index (κ2) is 12.4. The van der Waals surface area contributed by atoms with Gasteiger partial charge in [0.05, 0.1) is 18.8 Å². The molecule has 0 unspecified atom stereocenters. The third-order valence-corrected chi connectivity index (χ3v) is 5.00.